The van der Waals surface area contributed by atoms with E-state index in [0.717, 1.165) is 0 Å². The largest absolute Gasteiger partial charge is 0.519 e. The molecule has 0 radical (unpaired) electrons. The van der Waals surface area contributed by atoms with Gasteiger partial charge in [0.1, 0.15) is 0 Å². The Morgan fingerprint density at radius 3 is 2.27 bits per heavy atom. The van der Waals surface area contributed by atoms with Crippen molar-refractivity contribution in [1.82, 2.24) is 0 Å². The van der Waals surface area contributed by atoms with Crippen molar-refractivity contribution in [2.75, 3.05) is 0 Å². The Morgan fingerprint density at radius 1 is 1.55 bits per heavy atom. The highest BCUT2D eigenvalue weighted by atomic mass is 28.4. The van der Waals surface area contributed by atoms with E-state index in [2.05, 4.69) is 6.58 Å². The summed E-state index contributed by atoms with van der Waals surface area (Å²) >= 11 is 0. The second-order valence-electron chi connectivity index (χ2n) is 3.56. The maximum Gasteiger partial charge on any atom is 0.299 e. The molecule has 0 amide bonds. The van der Waals surface area contributed by atoms with Crippen LogP contribution in [0.5, 0.6) is 0 Å². The van der Waals surface area contributed by atoms with Gasteiger partial charge in [0.25, 0.3) is 5.97 Å². The average molecular weight is 172 g/mol. The van der Waals surface area contributed by atoms with E-state index >= 15 is 0 Å². The molecule has 0 bridgehead atoms. The lowest BCUT2D eigenvalue weighted by atomic mass is 10.2. The van der Waals surface area contributed by atoms with Gasteiger partial charge >= 0.3 is 0 Å². The third-order valence-electron chi connectivity index (χ3n) is 1.13. The molecule has 0 N–H and O–H groups in total. The van der Waals surface area contributed by atoms with Crippen molar-refractivity contribution in [3.63, 3.8) is 0 Å². The summed E-state index contributed by atoms with van der Waals surface area (Å²) in [5.74, 6) is -0.333. The van der Waals surface area contributed by atoms with Gasteiger partial charge in [0.2, 0.25) is 8.32 Å². The van der Waals surface area contributed by atoms with E-state index in [1.54, 1.807) is 13.0 Å². The lowest BCUT2D eigenvalue weighted by molar-refractivity contribution is -0.137. The summed E-state index contributed by atoms with van der Waals surface area (Å²) in [5, 5.41) is 0. The van der Waals surface area contributed by atoms with Gasteiger partial charge in [-0.3, -0.25) is 4.79 Å². The number of rotatable bonds is 3. The maximum absolute atomic E-state index is 11.1. The second kappa shape index (κ2) is 3.71. The minimum absolute atomic E-state index is 0.154. The Bertz CT molecular complexity index is 158. The SMILES string of the molecule is C=CC(C)C(=O)O[Si](C)(C)C. The van der Waals surface area contributed by atoms with Crippen LogP contribution in [0.4, 0.5) is 0 Å². The fourth-order valence-electron chi connectivity index (χ4n) is 0.491. The zero-order valence-electron chi connectivity index (χ0n) is 7.68. The van der Waals surface area contributed by atoms with Crippen LogP contribution in [0.1, 0.15) is 6.92 Å². The fourth-order valence-corrected chi connectivity index (χ4v) is 1.28. The van der Waals surface area contributed by atoms with Crippen LogP contribution in [0.25, 0.3) is 0 Å². The molecule has 0 aliphatic heterocycles. The Kier molecular flexibility index (Phi) is 3.52. The lowest BCUT2D eigenvalue weighted by Crippen LogP contribution is -2.31. The van der Waals surface area contributed by atoms with Gasteiger partial charge in [-0.05, 0) is 26.6 Å². The van der Waals surface area contributed by atoms with Crippen LogP contribution >= 0.6 is 0 Å². The molecule has 0 rings (SSSR count). The van der Waals surface area contributed by atoms with E-state index < -0.39 is 8.32 Å². The average Bonchev–Trinajstić information content (AvgIpc) is 1.82. The zero-order chi connectivity index (χ0) is 9.07. The Balaban J connectivity index is 3.98. The molecule has 3 heteroatoms. The van der Waals surface area contributed by atoms with Crippen LogP contribution in [0, 0.1) is 5.92 Å². The summed E-state index contributed by atoms with van der Waals surface area (Å²) in [5.41, 5.74) is 0. The molecule has 0 aromatic carbocycles. The van der Waals surface area contributed by atoms with E-state index in [1.165, 1.54) is 0 Å². The van der Waals surface area contributed by atoms with Gasteiger partial charge < -0.3 is 4.43 Å². The van der Waals surface area contributed by atoms with E-state index in [0.29, 0.717) is 0 Å². The van der Waals surface area contributed by atoms with Gasteiger partial charge in [0, 0.05) is 0 Å². The van der Waals surface area contributed by atoms with Crippen molar-refractivity contribution < 1.29 is 9.22 Å². The molecule has 1 unspecified atom stereocenters. The van der Waals surface area contributed by atoms with Crippen molar-refractivity contribution in [1.29, 1.82) is 0 Å². The van der Waals surface area contributed by atoms with Crippen molar-refractivity contribution >= 4 is 14.3 Å². The van der Waals surface area contributed by atoms with Crippen molar-refractivity contribution in [2.24, 2.45) is 5.92 Å². The molecule has 0 saturated carbocycles. The molecular weight excluding hydrogens is 156 g/mol. The first-order valence-electron chi connectivity index (χ1n) is 3.72. The summed E-state index contributed by atoms with van der Waals surface area (Å²) in [6.45, 7) is 11.3. The summed E-state index contributed by atoms with van der Waals surface area (Å²) < 4.78 is 5.22. The quantitative estimate of drug-likeness (QED) is 0.482. The molecule has 1 atom stereocenters. The van der Waals surface area contributed by atoms with E-state index in [1.807, 2.05) is 19.6 Å². The number of carbonyl (C=O) groups is 1. The van der Waals surface area contributed by atoms with Gasteiger partial charge in [-0.2, -0.15) is 0 Å². The van der Waals surface area contributed by atoms with Crippen molar-refractivity contribution in [2.45, 2.75) is 26.6 Å². The monoisotopic (exact) mass is 172 g/mol. The molecule has 0 aromatic rings. The van der Waals surface area contributed by atoms with E-state index in [4.69, 9.17) is 4.43 Å². The first-order chi connectivity index (χ1) is 4.87. The number of hydrogen-bond donors (Lipinski definition) is 0. The minimum Gasteiger partial charge on any atom is -0.519 e. The van der Waals surface area contributed by atoms with Crippen LogP contribution in [0.2, 0.25) is 19.6 Å². The van der Waals surface area contributed by atoms with Gasteiger partial charge in [-0.1, -0.05) is 6.08 Å². The zero-order valence-corrected chi connectivity index (χ0v) is 8.68. The number of carbonyl (C=O) groups excluding carboxylic acids is 1. The van der Waals surface area contributed by atoms with Gasteiger partial charge in [0.05, 0.1) is 5.92 Å². The molecule has 2 nitrogen and oxygen atoms in total. The van der Waals surface area contributed by atoms with Crippen LogP contribution in [0.3, 0.4) is 0 Å². The van der Waals surface area contributed by atoms with Crippen molar-refractivity contribution in [3.8, 4) is 0 Å². The van der Waals surface area contributed by atoms with Gasteiger partial charge in [-0.15, -0.1) is 6.58 Å². The molecule has 0 aliphatic carbocycles. The molecule has 0 aromatic heterocycles. The van der Waals surface area contributed by atoms with Gasteiger partial charge in [0.15, 0.2) is 0 Å². The van der Waals surface area contributed by atoms with Gasteiger partial charge in [-0.25, -0.2) is 0 Å². The third kappa shape index (κ3) is 4.78. The lowest BCUT2D eigenvalue weighted by Gasteiger charge is -2.18. The normalized spacial score (nSPS) is 13.8. The fraction of sp³-hybridized carbons (Fsp3) is 0.625. The molecule has 0 saturated heterocycles. The highest BCUT2D eigenvalue weighted by Crippen LogP contribution is 2.08. The second-order valence-corrected chi connectivity index (χ2v) is 7.99. The Labute approximate surface area is 69.4 Å². The molecule has 0 fully saturated rings. The van der Waals surface area contributed by atoms with Crippen LogP contribution in [0.15, 0.2) is 12.7 Å². The third-order valence-corrected chi connectivity index (χ3v) is 1.95. The summed E-state index contributed by atoms with van der Waals surface area (Å²) in [7, 11) is -1.70. The van der Waals surface area contributed by atoms with E-state index in [-0.39, 0.29) is 11.9 Å². The van der Waals surface area contributed by atoms with Crippen LogP contribution in [-0.4, -0.2) is 14.3 Å². The topological polar surface area (TPSA) is 26.3 Å². The number of hydrogen-bond acceptors (Lipinski definition) is 2. The van der Waals surface area contributed by atoms with E-state index in [9.17, 15) is 4.79 Å². The predicted octanol–water partition coefficient (Wildman–Crippen LogP) is 2.19. The Hall–Kier alpha value is -0.573. The first-order valence-corrected chi connectivity index (χ1v) is 7.13. The predicted molar refractivity (Wildman–Crippen MR) is 48.8 cm³/mol. The summed E-state index contributed by atoms with van der Waals surface area (Å²) in [6.07, 6.45) is 1.60. The molecule has 0 spiro atoms. The standard InChI is InChI=1S/C8H16O2Si/c1-6-7(2)8(9)10-11(3,4)5/h6-7H,1H2,2-5H3. The maximum atomic E-state index is 11.1. The minimum atomic E-state index is -1.70. The molecular formula is C8H16O2Si. The molecule has 64 valence electrons. The summed E-state index contributed by atoms with van der Waals surface area (Å²) in [4.78, 5) is 11.1. The molecule has 0 aliphatic rings. The summed E-state index contributed by atoms with van der Waals surface area (Å²) in [6, 6.07) is 0. The first kappa shape index (κ1) is 10.4. The highest BCUT2D eigenvalue weighted by Gasteiger charge is 2.21. The molecule has 11 heavy (non-hydrogen) atoms. The van der Waals surface area contributed by atoms with Crippen LogP contribution in [-0.2, 0) is 9.22 Å². The van der Waals surface area contributed by atoms with Crippen molar-refractivity contribution in [3.05, 3.63) is 12.7 Å². The van der Waals surface area contributed by atoms with Crippen LogP contribution < -0.4 is 0 Å². The molecule has 0 heterocycles. The Morgan fingerprint density at radius 2 is 2.00 bits per heavy atom. The highest BCUT2D eigenvalue weighted by molar-refractivity contribution is 6.71. The smallest absolute Gasteiger partial charge is 0.299 e.